The molecule has 0 saturated carbocycles. The smallest absolute Gasteiger partial charge is 0.373 e. The Morgan fingerprint density at radius 2 is 2.03 bits per heavy atom. The first-order valence-electron chi connectivity index (χ1n) is 8.89. The summed E-state index contributed by atoms with van der Waals surface area (Å²) in [4.78, 5) is 37.4. The minimum atomic E-state index is -0.652. The molecule has 1 N–H and O–H groups in total. The lowest BCUT2D eigenvalue weighted by Crippen LogP contribution is -2.30. The van der Waals surface area contributed by atoms with Gasteiger partial charge in [0, 0.05) is 0 Å². The van der Waals surface area contributed by atoms with Crippen molar-refractivity contribution in [3.05, 3.63) is 52.1 Å². The predicted molar refractivity (Wildman–Crippen MR) is 106 cm³/mol. The highest BCUT2D eigenvalue weighted by Crippen LogP contribution is 2.37. The first-order chi connectivity index (χ1) is 14.4. The molecule has 2 aromatic rings. The van der Waals surface area contributed by atoms with Crippen LogP contribution in [0.2, 0.25) is 5.02 Å². The molecule has 1 aromatic carbocycles. The number of amides is 3. The van der Waals surface area contributed by atoms with Crippen LogP contribution in [-0.4, -0.2) is 43.6 Å². The summed E-state index contributed by atoms with van der Waals surface area (Å²) in [6.45, 7) is 2.08. The van der Waals surface area contributed by atoms with Crippen LogP contribution < -0.4 is 14.8 Å². The maximum atomic E-state index is 12.7. The summed E-state index contributed by atoms with van der Waals surface area (Å²) in [6, 6.07) is 5.52. The molecule has 0 spiro atoms. The summed E-state index contributed by atoms with van der Waals surface area (Å²) in [5.41, 5.74) is 0.596. The van der Waals surface area contributed by atoms with Crippen molar-refractivity contribution in [2.75, 3.05) is 20.8 Å². The van der Waals surface area contributed by atoms with E-state index in [2.05, 4.69) is 10.1 Å². The van der Waals surface area contributed by atoms with E-state index in [0.29, 0.717) is 28.7 Å². The number of ether oxygens (including phenoxy) is 3. The van der Waals surface area contributed by atoms with Crippen LogP contribution in [0.15, 0.2) is 34.4 Å². The number of rotatable bonds is 7. The maximum Gasteiger partial charge on any atom is 0.373 e. The number of nitrogens with zero attached hydrogens (tertiary/aromatic N) is 1. The molecule has 10 heteroatoms. The standard InChI is InChI=1S/C20H19ClN2O7/c1-4-29-17-13(21)7-11(9-16(17)27-2)8-14-18(24)23(20(26)22-14)10-12-5-6-15(30-12)19(25)28-3/h5-9H,4,10H2,1-3H3,(H,22,26)/b14-8-. The third kappa shape index (κ3) is 4.25. The summed E-state index contributed by atoms with van der Waals surface area (Å²) in [7, 11) is 2.70. The molecule has 158 valence electrons. The molecular formula is C20H19ClN2O7. The van der Waals surface area contributed by atoms with Crippen LogP contribution >= 0.6 is 11.6 Å². The van der Waals surface area contributed by atoms with E-state index < -0.39 is 17.9 Å². The zero-order chi connectivity index (χ0) is 21.8. The molecule has 0 radical (unpaired) electrons. The number of halogens is 1. The van der Waals surface area contributed by atoms with E-state index in [1.165, 1.54) is 32.4 Å². The van der Waals surface area contributed by atoms with Gasteiger partial charge in [0.05, 0.1) is 32.4 Å². The summed E-state index contributed by atoms with van der Waals surface area (Å²) < 4.78 is 20.6. The van der Waals surface area contributed by atoms with Gasteiger partial charge in [-0.05, 0) is 42.8 Å². The maximum absolute atomic E-state index is 12.7. The normalized spacial score (nSPS) is 14.8. The van der Waals surface area contributed by atoms with E-state index in [-0.39, 0.29) is 23.8 Å². The second-order valence-corrected chi connectivity index (χ2v) is 6.51. The van der Waals surface area contributed by atoms with Gasteiger partial charge in [0.1, 0.15) is 11.5 Å². The quantitative estimate of drug-likeness (QED) is 0.405. The van der Waals surface area contributed by atoms with E-state index in [1.54, 1.807) is 12.1 Å². The number of furan rings is 1. The number of carbonyl (C=O) groups excluding carboxylic acids is 3. The van der Waals surface area contributed by atoms with E-state index in [4.69, 9.17) is 25.5 Å². The first-order valence-corrected chi connectivity index (χ1v) is 9.27. The number of carbonyl (C=O) groups is 3. The topological polar surface area (TPSA) is 107 Å². The molecule has 0 atom stereocenters. The number of urea groups is 1. The van der Waals surface area contributed by atoms with Crippen molar-refractivity contribution in [3.8, 4) is 11.5 Å². The van der Waals surface area contributed by atoms with Crippen molar-refractivity contribution in [2.24, 2.45) is 0 Å². The van der Waals surface area contributed by atoms with Gasteiger partial charge in [-0.3, -0.25) is 9.69 Å². The van der Waals surface area contributed by atoms with Gasteiger partial charge in [-0.25, -0.2) is 9.59 Å². The molecule has 0 aliphatic carbocycles. The van der Waals surface area contributed by atoms with Crippen LogP contribution in [0.3, 0.4) is 0 Å². The van der Waals surface area contributed by atoms with Gasteiger partial charge in [0.25, 0.3) is 5.91 Å². The van der Waals surface area contributed by atoms with Crippen LogP contribution in [0.1, 0.15) is 28.8 Å². The van der Waals surface area contributed by atoms with Crippen molar-refractivity contribution in [1.29, 1.82) is 0 Å². The lowest BCUT2D eigenvalue weighted by molar-refractivity contribution is -0.123. The Balaban J connectivity index is 1.82. The van der Waals surface area contributed by atoms with Gasteiger partial charge >= 0.3 is 12.0 Å². The Morgan fingerprint density at radius 3 is 2.70 bits per heavy atom. The van der Waals surface area contributed by atoms with Gasteiger partial charge in [0.2, 0.25) is 5.76 Å². The molecule has 9 nitrogen and oxygen atoms in total. The number of imide groups is 1. The van der Waals surface area contributed by atoms with Gasteiger partial charge in [-0.15, -0.1) is 0 Å². The highest BCUT2D eigenvalue weighted by Gasteiger charge is 2.34. The van der Waals surface area contributed by atoms with Crippen molar-refractivity contribution < 1.29 is 33.0 Å². The third-order valence-corrected chi connectivity index (χ3v) is 4.46. The van der Waals surface area contributed by atoms with Gasteiger partial charge in [-0.1, -0.05) is 11.6 Å². The summed E-state index contributed by atoms with van der Waals surface area (Å²) >= 11 is 6.25. The molecule has 0 unspecified atom stereocenters. The Hall–Kier alpha value is -3.46. The largest absolute Gasteiger partial charge is 0.493 e. The van der Waals surface area contributed by atoms with Crippen LogP contribution in [0.5, 0.6) is 11.5 Å². The third-order valence-electron chi connectivity index (χ3n) is 4.18. The van der Waals surface area contributed by atoms with Gasteiger partial charge < -0.3 is 23.9 Å². The Labute approximate surface area is 177 Å². The SMILES string of the molecule is CCOc1c(Cl)cc(/C=C2\NC(=O)N(Cc3ccc(C(=O)OC)o3)C2=O)cc1OC. The molecule has 1 aliphatic heterocycles. The summed E-state index contributed by atoms with van der Waals surface area (Å²) in [5.74, 6) is -0.181. The number of hydrogen-bond acceptors (Lipinski definition) is 7. The van der Waals surface area contributed by atoms with Crippen LogP contribution in [0.4, 0.5) is 4.79 Å². The van der Waals surface area contributed by atoms with Crippen molar-refractivity contribution in [1.82, 2.24) is 10.2 Å². The van der Waals surface area contributed by atoms with E-state index in [9.17, 15) is 14.4 Å². The summed E-state index contributed by atoms with van der Waals surface area (Å²) in [5, 5.41) is 2.82. The molecule has 1 aromatic heterocycles. The molecular weight excluding hydrogens is 416 g/mol. The van der Waals surface area contributed by atoms with Crippen molar-refractivity contribution >= 4 is 35.6 Å². The van der Waals surface area contributed by atoms with Gasteiger partial charge in [0.15, 0.2) is 11.5 Å². The Bertz CT molecular complexity index is 1030. The molecule has 3 rings (SSSR count). The zero-order valence-electron chi connectivity index (χ0n) is 16.5. The van der Waals surface area contributed by atoms with E-state index in [1.807, 2.05) is 6.92 Å². The number of esters is 1. The van der Waals surface area contributed by atoms with Crippen molar-refractivity contribution in [3.63, 3.8) is 0 Å². The van der Waals surface area contributed by atoms with Crippen LogP contribution in [-0.2, 0) is 16.1 Å². The molecule has 1 fully saturated rings. The lowest BCUT2D eigenvalue weighted by atomic mass is 10.1. The van der Waals surface area contributed by atoms with Crippen LogP contribution in [0, 0.1) is 0 Å². The number of hydrogen-bond donors (Lipinski definition) is 1. The zero-order valence-corrected chi connectivity index (χ0v) is 17.2. The minimum absolute atomic E-state index is 0.0218. The first kappa shape index (κ1) is 21.3. The average Bonchev–Trinajstić information content (AvgIpc) is 3.30. The number of benzene rings is 1. The molecule has 3 amide bonds. The number of nitrogens with one attached hydrogen (secondary N) is 1. The second-order valence-electron chi connectivity index (χ2n) is 6.10. The molecule has 2 heterocycles. The fraction of sp³-hybridized carbons (Fsp3) is 0.250. The highest BCUT2D eigenvalue weighted by atomic mass is 35.5. The molecule has 0 bridgehead atoms. The summed E-state index contributed by atoms with van der Waals surface area (Å²) in [6.07, 6.45) is 1.48. The fourth-order valence-electron chi connectivity index (χ4n) is 2.82. The lowest BCUT2D eigenvalue weighted by Gasteiger charge is -2.12. The van der Waals surface area contributed by atoms with Crippen molar-refractivity contribution in [2.45, 2.75) is 13.5 Å². The number of methoxy groups -OCH3 is 2. The monoisotopic (exact) mass is 434 g/mol. The average molecular weight is 435 g/mol. The molecule has 30 heavy (non-hydrogen) atoms. The second kappa shape index (κ2) is 8.91. The van der Waals surface area contributed by atoms with E-state index >= 15 is 0 Å². The Morgan fingerprint density at radius 1 is 1.27 bits per heavy atom. The Kier molecular flexibility index (Phi) is 6.31. The fourth-order valence-corrected chi connectivity index (χ4v) is 3.09. The molecule has 1 aliphatic rings. The highest BCUT2D eigenvalue weighted by molar-refractivity contribution is 6.32. The van der Waals surface area contributed by atoms with E-state index in [0.717, 1.165) is 4.90 Å². The van der Waals surface area contributed by atoms with Gasteiger partial charge in [-0.2, -0.15) is 0 Å². The predicted octanol–water partition coefficient (Wildman–Crippen LogP) is 3.22. The molecule has 1 saturated heterocycles. The van der Waals surface area contributed by atoms with Crippen LogP contribution in [0.25, 0.3) is 6.08 Å². The minimum Gasteiger partial charge on any atom is -0.493 e.